The van der Waals surface area contributed by atoms with Crippen LogP contribution >= 0.6 is 11.6 Å². The van der Waals surface area contributed by atoms with Gasteiger partial charge < -0.3 is 15.5 Å². The molecular weight excluding hydrogens is 343 g/mol. The van der Waals surface area contributed by atoms with Gasteiger partial charge in [-0.3, -0.25) is 4.79 Å². The quantitative estimate of drug-likeness (QED) is 0.573. The van der Waals surface area contributed by atoms with Crippen LogP contribution in [0.2, 0.25) is 5.02 Å². The van der Waals surface area contributed by atoms with Crippen LogP contribution in [-0.4, -0.2) is 50.5 Å². The molecule has 140 valence electrons. The monoisotopic (exact) mass is 370 g/mol. The van der Waals surface area contributed by atoms with Crippen LogP contribution in [0.25, 0.3) is 0 Å². The third-order valence-electron chi connectivity index (χ3n) is 3.77. The fourth-order valence-corrected chi connectivity index (χ4v) is 2.57. The predicted molar refractivity (Wildman–Crippen MR) is 102 cm³/mol. The molecule has 1 aromatic rings. The average Bonchev–Trinajstić information content (AvgIpc) is 2.53. The molecule has 0 saturated carbocycles. The van der Waals surface area contributed by atoms with Gasteiger partial charge in [-0.05, 0) is 24.1 Å². The Kier molecular flexibility index (Phi) is 8.16. The Bertz CT molecular complexity index is 617. The summed E-state index contributed by atoms with van der Waals surface area (Å²) in [7, 11) is 3.40. The molecule has 7 heteroatoms. The first kappa shape index (κ1) is 21.2. The molecule has 25 heavy (non-hydrogen) atoms. The summed E-state index contributed by atoms with van der Waals surface area (Å²) in [5, 5.41) is 6.83. The number of likely N-dealkylation sites (N-methyl/N-ethyl adjacent to an activating group) is 1. The lowest BCUT2D eigenvalue weighted by atomic mass is 9.84. The molecule has 1 amide bonds. The number of halogens is 2. The van der Waals surface area contributed by atoms with Crippen molar-refractivity contribution >= 4 is 23.5 Å². The molecule has 0 fully saturated rings. The van der Waals surface area contributed by atoms with E-state index in [1.807, 2.05) is 13.8 Å². The van der Waals surface area contributed by atoms with Gasteiger partial charge in [0.2, 0.25) is 5.91 Å². The smallest absolute Gasteiger partial charge is 0.243 e. The van der Waals surface area contributed by atoms with E-state index >= 15 is 0 Å². The molecule has 0 aromatic heterocycles. The van der Waals surface area contributed by atoms with Crippen LogP contribution in [-0.2, 0) is 10.2 Å². The molecule has 1 rings (SSSR count). The number of guanidine groups is 1. The number of amides is 1. The van der Waals surface area contributed by atoms with Gasteiger partial charge in [-0.25, -0.2) is 9.38 Å². The van der Waals surface area contributed by atoms with Crippen LogP contribution in [0.3, 0.4) is 0 Å². The van der Waals surface area contributed by atoms with E-state index in [0.717, 1.165) is 18.5 Å². The zero-order chi connectivity index (χ0) is 19.0. The molecule has 0 bridgehead atoms. The molecule has 0 heterocycles. The Morgan fingerprint density at radius 2 is 2.00 bits per heavy atom. The van der Waals surface area contributed by atoms with Gasteiger partial charge in [0.25, 0.3) is 0 Å². The van der Waals surface area contributed by atoms with Gasteiger partial charge in [-0.2, -0.15) is 0 Å². The van der Waals surface area contributed by atoms with Gasteiger partial charge in [0.05, 0.1) is 0 Å². The summed E-state index contributed by atoms with van der Waals surface area (Å²) in [5.41, 5.74) is 0.507. The molecule has 0 aliphatic carbocycles. The number of carbonyl (C=O) groups is 1. The second kappa shape index (κ2) is 9.61. The van der Waals surface area contributed by atoms with Crippen LogP contribution < -0.4 is 10.6 Å². The Morgan fingerprint density at radius 1 is 1.32 bits per heavy atom. The van der Waals surface area contributed by atoms with E-state index in [4.69, 9.17) is 11.6 Å². The number of nitrogens with one attached hydrogen (secondary N) is 2. The van der Waals surface area contributed by atoms with Crippen molar-refractivity contribution in [2.75, 3.05) is 33.7 Å². The SMILES string of the molecule is CCCNC(=NCC(=O)N(C)C)NCC(C)(C)c1ccc(F)cc1Cl. The maximum Gasteiger partial charge on any atom is 0.243 e. The van der Waals surface area contributed by atoms with Gasteiger partial charge in [0.1, 0.15) is 12.4 Å². The van der Waals surface area contributed by atoms with Crippen molar-refractivity contribution in [1.82, 2.24) is 15.5 Å². The van der Waals surface area contributed by atoms with Gasteiger partial charge >= 0.3 is 0 Å². The van der Waals surface area contributed by atoms with E-state index < -0.39 is 0 Å². The number of rotatable bonds is 7. The maximum absolute atomic E-state index is 13.3. The molecule has 5 nitrogen and oxygen atoms in total. The molecule has 0 unspecified atom stereocenters. The Morgan fingerprint density at radius 3 is 2.56 bits per heavy atom. The number of hydrogen-bond acceptors (Lipinski definition) is 2. The molecule has 0 radical (unpaired) electrons. The summed E-state index contributed by atoms with van der Waals surface area (Å²) in [5.74, 6) is 0.147. The Labute approximate surface area is 154 Å². The highest BCUT2D eigenvalue weighted by Gasteiger charge is 2.24. The fraction of sp³-hybridized carbons (Fsp3) is 0.556. The van der Waals surface area contributed by atoms with Crippen molar-refractivity contribution in [2.24, 2.45) is 4.99 Å². The highest BCUT2D eigenvalue weighted by Crippen LogP contribution is 2.29. The maximum atomic E-state index is 13.3. The molecule has 0 atom stereocenters. The second-order valence-corrected chi connectivity index (χ2v) is 7.15. The lowest BCUT2D eigenvalue weighted by molar-refractivity contribution is -0.127. The van der Waals surface area contributed by atoms with E-state index in [0.29, 0.717) is 17.5 Å². The second-order valence-electron chi connectivity index (χ2n) is 6.74. The van der Waals surface area contributed by atoms with Crippen molar-refractivity contribution < 1.29 is 9.18 Å². The highest BCUT2D eigenvalue weighted by molar-refractivity contribution is 6.31. The first-order valence-corrected chi connectivity index (χ1v) is 8.73. The summed E-state index contributed by atoms with van der Waals surface area (Å²) in [6, 6.07) is 4.42. The number of aliphatic imine (C=N–C) groups is 1. The zero-order valence-corrected chi connectivity index (χ0v) is 16.4. The number of nitrogens with zero attached hydrogens (tertiary/aromatic N) is 2. The number of hydrogen-bond donors (Lipinski definition) is 2. The number of benzene rings is 1. The van der Waals surface area contributed by atoms with Gasteiger partial charge in [-0.1, -0.05) is 38.4 Å². The summed E-state index contributed by atoms with van der Waals surface area (Å²) in [4.78, 5) is 17.6. The minimum Gasteiger partial charge on any atom is -0.356 e. The highest BCUT2D eigenvalue weighted by atomic mass is 35.5. The zero-order valence-electron chi connectivity index (χ0n) is 15.6. The first-order valence-electron chi connectivity index (χ1n) is 8.35. The van der Waals surface area contributed by atoms with E-state index in [1.165, 1.54) is 17.0 Å². The van der Waals surface area contributed by atoms with Crippen molar-refractivity contribution in [2.45, 2.75) is 32.6 Å². The first-order chi connectivity index (χ1) is 11.7. The van der Waals surface area contributed by atoms with Crippen LogP contribution in [0.15, 0.2) is 23.2 Å². The fourth-order valence-electron chi connectivity index (χ4n) is 2.14. The van der Waals surface area contributed by atoms with E-state index in [-0.39, 0.29) is 23.7 Å². The van der Waals surface area contributed by atoms with E-state index in [2.05, 4.69) is 22.5 Å². The van der Waals surface area contributed by atoms with Crippen LogP contribution in [0.5, 0.6) is 0 Å². The largest absolute Gasteiger partial charge is 0.356 e. The third kappa shape index (κ3) is 6.90. The van der Waals surface area contributed by atoms with Crippen molar-refractivity contribution in [3.05, 3.63) is 34.6 Å². The molecule has 0 spiro atoms. The Balaban J connectivity index is 2.82. The average molecular weight is 371 g/mol. The molecule has 0 aliphatic heterocycles. The third-order valence-corrected chi connectivity index (χ3v) is 4.08. The van der Waals surface area contributed by atoms with E-state index in [9.17, 15) is 9.18 Å². The van der Waals surface area contributed by atoms with Gasteiger partial charge in [0.15, 0.2) is 5.96 Å². The molecule has 1 aromatic carbocycles. The lowest BCUT2D eigenvalue weighted by Gasteiger charge is -2.28. The lowest BCUT2D eigenvalue weighted by Crippen LogP contribution is -2.44. The molecule has 0 aliphatic rings. The number of carbonyl (C=O) groups excluding carboxylic acids is 1. The summed E-state index contributed by atoms with van der Waals surface area (Å²) in [6.45, 7) is 7.44. The van der Waals surface area contributed by atoms with Gasteiger partial charge in [-0.15, -0.1) is 0 Å². The van der Waals surface area contributed by atoms with E-state index in [1.54, 1.807) is 20.2 Å². The van der Waals surface area contributed by atoms with Gasteiger partial charge in [0, 0.05) is 37.6 Å². The standard InChI is InChI=1S/C18H28ClFN4O/c1-6-9-21-17(22-11-16(25)24(4)5)23-12-18(2,3)14-8-7-13(20)10-15(14)19/h7-8,10H,6,9,11-12H2,1-5H3,(H2,21,22,23). The molecule has 0 saturated heterocycles. The minimum absolute atomic E-state index is 0.0709. The van der Waals surface area contributed by atoms with Crippen LogP contribution in [0, 0.1) is 5.82 Å². The van der Waals surface area contributed by atoms with Crippen LogP contribution in [0.1, 0.15) is 32.8 Å². The molecular formula is C18H28ClFN4O. The topological polar surface area (TPSA) is 56.7 Å². The predicted octanol–water partition coefficient (Wildman–Crippen LogP) is 2.79. The summed E-state index contributed by atoms with van der Waals surface area (Å²) < 4.78 is 13.3. The minimum atomic E-state index is -0.355. The normalized spacial score (nSPS) is 12.0. The summed E-state index contributed by atoms with van der Waals surface area (Å²) in [6.07, 6.45) is 0.940. The Hall–Kier alpha value is -1.82. The molecule has 2 N–H and O–H groups in total. The van der Waals surface area contributed by atoms with Crippen molar-refractivity contribution in [3.8, 4) is 0 Å². The van der Waals surface area contributed by atoms with Crippen molar-refractivity contribution in [3.63, 3.8) is 0 Å². The summed E-state index contributed by atoms with van der Waals surface area (Å²) >= 11 is 6.19. The van der Waals surface area contributed by atoms with Crippen LogP contribution in [0.4, 0.5) is 4.39 Å². The van der Waals surface area contributed by atoms with Crippen molar-refractivity contribution in [1.29, 1.82) is 0 Å².